The Hall–Kier alpha value is -3.24. The molecule has 4 heterocycles. The first kappa shape index (κ1) is 29.3. The van der Waals surface area contributed by atoms with Crippen molar-refractivity contribution in [1.82, 2.24) is 19.5 Å². The first-order valence-corrected chi connectivity index (χ1v) is 16.4. The number of sulfone groups is 1. The molecule has 0 spiro atoms. The molecule has 0 radical (unpaired) electrons. The predicted molar refractivity (Wildman–Crippen MR) is 165 cm³/mol. The zero-order chi connectivity index (χ0) is 29.6. The Bertz CT molecular complexity index is 1670. The number of aromatic nitrogens is 2. The Labute approximate surface area is 242 Å². The van der Waals surface area contributed by atoms with Crippen LogP contribution < -0.4 is 5.49 Å². The van der Waals surface area contributed by atoms with Gasteiger partial charge in [-0.15, -0.1) is 0 Å². The molecule has 0 aliphatic carbocycles. The van der Waals surface area contributed by atoms with E-state index in [0.29, 0.717) is 31.5 Å². The molecule has 2 aliphatic rings. The minimum Gasteiger partial charge on any atom is -0.354 e. The lowest BCUT2D eigenvalue weighted by atomic mass is 9.87. The zero-order valence-corrected chi connectivity index (χ0v) is 25.9. The Morgan fingerprint density at radius 1 is 1.15 bits per heavy atom. The normalized spacial score (nSPS) is 17.9. The number of benzene rings is 1. The highest BCUT2D eigenvalue weighted by Crippen LogP contribution is 2.39. The maximum absolute atomic E-state index is 12.7. The number of aromatic amines is 1. The molecular weight excluding hydrogens is 536 g/mol. The zero-order valence-electron chi connectivity index (χ0n) is 25.1. The number of rotatable bonds is 7. The van der Waals surface area contributed by atoms with Crippen molar-refractivity contribution >= 4 is 33.4 Å². The molecule has 0 bridgehead atoms. The fourth-order valence-corrected chi connectivity index (χ4v) is 7.28. The largest absolute Gasteiger partial charge is 0.354 e. The Morgan fingerprint density at radius 3 is 2.41 bits per heavy atom. The summed E-state index contributed by atoms with van der Waals surface area (Å²) in [5.41, 5.74) is 9.04. The number of hydrogen-bond donors (Lipinski definition) is 1. The molecule has 1 N–H and O–H groups in total. The fourth-order valence-electron chi connectivity index (χ4n) is 6.38. The Kier molecular flexibility index (Phi) is 8.00. The first-order chi connectivity index (χ1) is 19.4. The van der Waals surface area contributed by atoms with Gasteiger partial charge < -0.3 is 9.88 Å². The summed E-state index contributed by atoms with van der Waals surface area (Å²) in [5.74, 6) is 0.778. The summed E-state index contributed by atoms with van der Waals surface area (Å²) in [7, 11) is -1.30. The van der Waals surface area contributed by atoms with Crippen molar-refractivity contribution in [3.05, 3.63) is 52.1 Å². The van der Waals surface area contributed by atoms with Crippen LogP contribution in [0, 0.1) is 13.8 Å². The summed E-state index contributed by atoms with van der Waals surface area (Å²) in [6.45, 7) is 15.2. The van der Waals surface area contributed by atoms with Crippen molar-refractivity contribution < 1.29 is 13.2 Å². The minimum atomic E-state index is -3.07. The molecule has 5 rings (SSSR count). The van der Waals surface area contributed by atoms with Crippen LogP contribution in [0.15, 0.2) is 34.5 Å². The maximum Gasteiger partial charge on any atom is 0.236 e. The van der Waals surface area contributed by atoms with E-state index >= 15 is 0 Å². The second-order valence-corrected chi connectivity index (χ2v) is 14.3. The summed E-state index contributed by atoms with van der Waals surface area (Å²) in [4.78, 5) is 24.7. The Balaban J connectivity index is 1.35. The SMILES string of the molecule is C=Nn1cc(-c2[nH]c3ccc(C4CCN(CC(=O)N5CC(S(C)(=O)=O)C5)CC4)cc3c2C(C)C)c(C)c(C)/c1=N/C. The molecule has 41 heavy (non-hydrogen) atoms. The van der Waals surface area contributed by atoms with E-state index in [2.05, 4.69) is 72.6 Å². The molecule has 2 aliphatic heterocycles. The summed E-state index contributed by atoms with van der Waals surface area (Å²) in [5, 5.41) is 5.04. The highest BCUT2D eigenvalue weighted by Gasteiger charge is 2.37. The first-order valence-electron chi connectivity index (χ1n) is 14.4. The highest BCUT2D eigenvalue weighted by molar-refractivity contribution is 7.91. The van der Waals surface area contributed by atoms with Gasteiger partial charge in [-0.25, -0.2) is 13.1 Å². The van der Waals surface area contributed by atoms with Crippen LogP contribution in [-0.4, -0.2) is 91.8 Å². The number of carbonyl (C=O) groups excluding carboxylic acids is 1. The molecule has 9 nitrogen and oxygen atoms in total. The lowest BCUT2D eigenvalue weighted by Gasteiger charge is -2.40. The molecule has 2 aromatic heterocycles. The predicted octanol–water partition coefficient (Wildman–Crippen LogP) is 3.81. The topological polar surface area (TPSA) is 103 Å². The lowest BCUT2D eigenvalue weighted by Crippen LogP contribution is -2.58. The van der Waals surface area contributed by atoms with Gasteiger partial charge >= 0.3 is 0 Å². The van der Waals surface area contributed by atoms with Gasteiger partial charge in [-0.3, -0.25) is 14.7 Å². The van der Waals surface area contributed by atoms with Crippen molar-refractivity contribution in [2.45, 2.75) is 57.6 Å². The van der Waals surface area contributed by atoms with Crippen molar-refractivity contribution in [2.75, 3.05) is 46.0 Å². The maximum atomic E-state index is 12.7. The third-order valence-corrected chi connectivity index (χ3v) is 10.6. The van der Waals surface area contributed by atoms with Gasteiger partial charge in [0.1, 0.15) is 0 Å². The average Bonchev–Trinajstić information content (AvgIpc) is 3.27. The van der Waals surface area contributed by atoms with Crippen molar-refractivity contribution in [2.24, 2.45) is 10.1 Å². The summed E-state index contributed by atoms with van der Waals surface area (Å²) >= 11 is 0. The molecule has 220 valence electrons. The number of piperidine rings is 1. The van der Waals surface area contributed by atoms with E-state index in [-0.39, 0.29) is 5.91 Å². The van der Waals surface area contributed by atoms with E-state index in [0.717, 1.165) is 53.8 Å². The van der Waals surface area contributed by atoms with Crippen LogP contribution in [0.2, 0.25) is 0 Å². The third-order valence-electron chi connectivity index (χ3n) is 9.07. The molecule has 0 unspecified atom stereocenters. The molecule has 0 atom stereocenters. The number of H-pyrrole nitrogens is 1. The van der Waals surface area contributed by atoms with Crippen LogP contribution in [0.5, 0.6) is 0 Å². The number of fused-ring (bicyclic) bond motifs is 1. The number of pyridine rings is 1. The molecule has 1 amide bonds. The summed E-state index contributed by atoms with van der Waals surface area (Å²) < 4.78 is 25.1. The smallest absolute Gasteiger partial charge is 0.236 e. The number of amides is 1. The lowest BCUT2D eigenvalue weighted by molar-refractivity contribution is -0.135. The number of carbonyl (C=O) groups is 1. The number of nitrogens with zero attached hydrogens (tertiary/aromatic N) is 5. The van der Waals surface area contributed by atoms with Gasteiger partial charge in [0.05, 0.1) is 17.5 Å². The standard InChI is InChI=1S/C31H42N6O3S/c1-19(2)29-25-14-23(22-10-12-35(13-11-22)18-28(38)36-15-24(16-36)41(7,39)40)8-9-27(25)34-30(29)26-17-37(33-6)31(32-5)21(4)20(26)3/h8-9,14,17,19,22,24,34H,6,10-13,15-16,18H2,1-5,7H3/b32-31-. The van der Waals surface area contributed by atoms with Crippen molar-refractivity contribution in [3.63, 3.8) is 0 Å². The average molecular weight is 579 g/mol. The quantitative estimate of drug-likeness (QED) is 0.431. The van der Waals surface area contributed by atoms with Gasteiger partial charge in [-0.05, 0) is 86.0 Å². The second-order valence-electron chi connectivity index (χ2n) is 12.0. The van der Waals surface area contributed by atoms with Gasteiger partial charge in [-0.1, -0.05) is 19.9 Å². The van der Waals surface area contributed by atoms with Gasteiger partial charge in [0.2, 0.25) is 5.91 Å². The van der Waals surface area contributed by atoms with Crippen LogP contribution in [-0.2, 0) is 14.6 Å². The molecular formula is C31H42N6O3S. The number of hydrogen-bond acceptors (Lipinski definition) is 6. The van der Waals surface area contributed by atoms with Crippen LogP contribution in [0.4, 0.5) is 0 Å². The molecule has 0 saturated carbocycles. The fraction of sp³-hybridized carbons (Fsp3) is 0.516. The Morgan fingerprint density at radius 2 is 1.83 bits per heavy atom. The number of nitrogens with one attached hydrogen (secondary N) is 1. The van der Waals surface area contributed by atoms with Crippen LogP contribution in [0.1, 0.15) is 60.8 Å². The van der Waals surface area contributed by atoms with Gasteiger partial charge in [0, 0.05) is 55.8 Å². The third kappa shape index (κ3) is 5.51. The van der Waals surface area contributed by atoms with Crippen molar-refractivity contribution in [1.29, 1.82) is 0 Å². The number of likely N-dealkylation sites (tertiary alicyclic amines) is 2. The molecule has 1 aromatic carbocycles. The highest BCUT2D eigenvalue weighted by atomic mass is 32.2. The molecule has 2 saturated heterocycles. The van der Waals surface area contributed by atoms with Crippen LogP contribution in [0.3, 0.4) is 0 Å². The van der Waals surface area contributed by atoms with Crippen LogP contribution >= 0.6 is 0 Å². The van der Waals surface area contributed by atoms with Gasteiger partial charge in [-0.2, -0.15) is 5.10 Å². The van der Waals surface area contributed by atoms with E-state index in [4.69, 9.17) is 0 Å². The van der Waals surface area contributed by atoms with E-state index in [1.54, 1.807) is 16.6 Å². The second kappa shape index (κ2) is 11.2. The summed E-state index contributed by atoms with van der Waals surface area (Å²) in [6, 6.07) is 6.81. The summed E-state index contributed by atoms with van der Waals surface area (Å²) in [6.07, 6.45) is 5.25. The monoisotopic (exact) mass is 578 g/mol. The van der Waals surface area contributed by atoms with E-state index in [1.165, 1.54) is 28.3 Å². The molecule has 2 fully saturated rings. The molecule has 10 heteroatoms. The van der Waals surface area contributed by atoms with Crippen LogP contribution in [0.25, 0.3) is 22.2 Å². The molecule has 3 aromatic rings. The minimum absolute atomic E-state index is 0.0327. The van der Waals surface area contributed by atoms with E-state index in [9.17, 15) is 13.2 Å². The van der Waals surface area contributed by atoms with Gasteiger partial charge in [0.15, 0.2) is 15.3 Å². The van der Waals surface area contributed by atoms with Crippen molar-refractivity contribution in [3.8, 4) is 11.3 Å². The van der Waals surface area contributed by atoms with E-state index < -0.39 is 15.1 Å². The van der Waals surface area contributed by atoms with Gasteiger partial charge in [0.25, 0.3) is 0 Å². The van der Waals surface area contributed by atoms with E-state index in [1.807, 2.05) is 6.20 Å².